The summed E-state index contributed by atoms with van der Waals surface area (Å²) in [4.78, 5) is 17.9. The Balaban J connectivity index is 2.13. The molecule has 4 heteroatoms. The van der Waals surface area contributed by atoms with E-state index in [0.717, 1.165) is 36.2 Å². The lowest BCUT2D eigenvalue weighted by Crippen LogP contribution is -2.21. The monoisotopic (exact) mass is 259 g/mol. The van der Waals surface area contributed by atoms with E-state index in [1.807, 2.05) is 18.2 Å². The van der Waals surface area contributed by atoms with Crippen molar-refractivity contribution in [1.29, 1.82) is 0 Å². The van der Waals surface area contributed by atoms with Gasteiger partial charge in [-0.3, -0.25) is 4.79 Å². The van der Waals surface area contributed by atoms with Gasteiger partial charge in [-0.15, -0.1) is 0 Å². The van der Waals surface area contributed by atoms with Crippen LogP contribution in [0.15, 0.2) is 24.3 Å². The molecular formula is C15H21N3O. The number of rotatable bonds is 5. The van der Waals surface area contributed by atoms with Gasteiger partial charge in [0.1, 0.15) is 5.82 Å². The molecule has 0 atom stereocenters. The number of carbonyl (C=O) groups is 1. The van der Waals surface area contributed by atoms with Gasteiger partial charge in [0.2, 0.25) is 5.91 Å². The fourth-order valence-electron chi connectivity index (χ4n) is 2.26. The SMILES string of the molecule is CCc1nc2ccccc2n1CCCC(=O)N(C)C. The number of aryl methyl sites for hydroxylation is 2. The predicted molar refractivity (Wildman–Crippen MR) is 77.0 cm³/mol. The molecule has 1 heterocycles. The molecule has 0 saturated carbocycles. The summed E-state index contributed by atoms with van der Waals surface area (Å²) in [7, 11) is 3.60. The van der Waals surface area contributed by atoms with E-state index in [1.54, 1.807) is 19.0 Å². The van der Waals surface area contributed by atoms with Crippen molar-refractivity contribution in [2.45, 2.75) is 32.7 Å². The van der Waals surface area contributed by atoms with E-state index in [-0.39, 0.29) is 5.91 Å². The molecule has 1 amide bonds. The normalized spacial score (nSPS) is 10.9. The molecule has 0 fully saturated rings. The number of hydrogen-bond acceptors (Lipinski definition) is 2. The van der Waals surface area contributed by atoms with Gasteiger partial charge < -0.3 is 9.47 Å². The molecule has 19 heavy (non-hydrogen) atoms. The second-order valence-corrected chi connectivity index (χ2v) is 4.91. The summed E-state index contributed by atoms with van der Waals surface area (Å²) in [6.45, 7) is 2.96. The van der Waals surface area contributed by atoms with Crippen molar-refractivity contribution >= 4 is 16.9 Å². The number of nitrogens with zero attached hydrogens (tertiary/aromatic N) is 3. The quantitative estimate of drug-likeness (QED) is 0.827. The molecule has 0 aliphatic carbocycles. The Labute approximate surface area is 114 Å². The highest BCUT2D eigenvalue weighted by atomic mass is 16.2. The van der Waals surface area contributed by atoms with E-state index in [4.69, 9.17) is 0 Å². The minimum absolute atomic E-state index is 0.183. The molecule has 0 aliphatic heterocycles. The first-order chi connectivity index (χ1) is 9.13. The van der Waals surface area contributed by atoms with Crippen LogP contribution in [0.1, 0.15) is 25.6 Å². The van der Waals surface area contributed by atoms with Crippen molar-refractivity contribution in [3.63, 3.8) is 0 Å². The molecule has 0 saturated heterocycles. The van der Waals surface area contributed by atoms with Gasteiger partial charge in [0.25, 0.3) is 0 Å². The van der Waals surface area contributed by atoms with Crippen molar-refractivity contribution in [3.05, 3.63) is 30.1 Å². The highest BCUT2D eigenvalue weighted by molar-refractivity contribution is 5.76. The summed E-state index contributed by atoms with van der Waals surface area (Å²) in [5.74, 6) is 1.28. The minimum atomic E-state index is 0.183. The van der Waals surface area contributed by atoms with Crippen LogP contribution in [0.5, 0.6) is 0 Å². The van der Waals surface area contributed by atoms with Crippen LogP contribution >= 0.6 is 0 Å². The molecule has 0 N–H and O–H groups in total. The Kier molecular flexibility index (Phi) is 4.20. The van der Waals surface area contributed by atoms with Crippen LogP contribution in [0.2, 0.25) is 0 Å². The molecule has 2 aromatic rings. The van der Waals surface area contributed by atoms with E-state index >= 15 is 0 Å². The Morgan fingerprint density at radius 1 is 1.32 bits per heavy atom. The first kappa shape index (κ1) is 13.6. The number of para-hydroxylation sites is 2. The first-order valence-corrected chi connectivity index (χ1v) is 6.77. The molecule has 0 aliphatic rings. The van der Waals surface area contributed by atoms with Gasteiger partial charge in [0, 0.05) is 33.5 Å². The van der Waals surface area contributed by atoms with Crippen molar-refractivity contribution in [1.82, 2.24) is 14.5 Å². The average molecular weight is 259 g/mol. The third-order valence-electron chi connectivity index (χ3n) is 3.32. The molecule has 102 valence electrons. The molecule has 1 aromatic carbocycles. The zero-order valence-corrected chi connectivity index (χ0v) is 11.9. The van der Waals surface area contributed by atoms with Crippen LogP contribution in [0.25, 0.3) is 11.0 Å². The largest absolute Gasteiger partial charge is 0.349 e. The first-order valence-electron chi connectivity index (χ1n) is 6.77. The van der Waals surface area contributed by atoms with E-state index in [1.165, 1.54) is 0 Å². The Bertz CT molecular complexity index is 572. The highest BCUT2D eigenvalue weighted by Crippen LogP contribution is 2.17. The fraction of sp³-hybridized carbons (Fsp3) is 0.467. The van der Waals surface area contributed by atoms with Crippen molar-refractivity contribution in [2.75, 3.05) is 14.1 Å². The summed E-state index contributed by atoms with van der Waals surface area (Å²) in [5.41, 5.74) is 2.20. The third kappa shape index (κ3) is 2.95. The lowest BCUT2D eigenvalue weighted by Gasteiger charge is -2.11. The van der Waals surface area contributed by atoms with Crippen LogP contribution in [0.4, 0.5) is 0 Å². The van der Waals surface area contributed by atoms with E-state index in [2.05, 4.69) is 22.5 Å². The average Bonchev–Trinajstić information content (AvgIpc) is 2.76. The van der Waals surface area contributed by atoms with Crippen molar-refractivity contribution in [2.24, 2.45) is 0 Å². The van der Waals surface area contributed by atoms with Crippen LogP contribution in [-0.4, -0.2) is 34.5 Å². The summed E-state index contributed by atoms with van der Waals surface area (Å²) < 4.78 is 2.23. The number of aromatic nitrogens is 2. The lowest BCUT2D eigenvalue weighted by molar-refractivity contribution is -0.128. The van der Waals surface area contributed by atoms with Gasteiger partial charge in [-0.05, 0) is 18.6 Å². The minimum Gasteiger partial charge on any atom is -0.349 e. The number of imidazole rings is 1. The standard InChI is InChI=1S/C15H21N3O/c1-4-14-16-12-8-5-6-9-13(12)18(14)11-7-10-15(19)17(2)3/h5-6,8-9H,4,7,10-11H2,1-3H3. The topological polar surface area (TPSA) is 38.1 Å². The smallest absolute Gasteiger partial charge is 0.222 e. The Morgan fingerprint density at radius 2 is 2.05 bits per heavy atom. The summed E-state index contributed by atoms with van der Waals surface area (Å²) in [5, 5.41) is 0. The number of carbonyl (C=O) groups excluding carboxylic acids is 1. The predicted octanol–water partition coefficient (Wildman–Crippen LogP) is 2.47. The second-order valence-electron chi connectivity index (χ2n) is 4.91. The van der Waals surface area contributed by atoms with Crippen molar-refractivity contribution < 1.29 is 4.79 Å². The van der Waals surface area contributed by atoms with E-state index in [0.29, 0.717) is 6.42 Å². The number of hydrogen-bond donors (Lipinski definition) is 0. The summed E-state index contributed by atoms with van der Waals surface area (Å²) >= 11 is 0. The van der Waals surface area contributed by atoms with Gasteiger partial charge >= 0.3 is 0 Å². The zero-order valence-electron chi connectivity index (χ0n) is 11.9. The molecule has 1 aromatic heterocycles. The fourth-order valence-corrected chi connectivity index (χ4v) is 2.26. The highest BCUT2D eigenvalue weighted by Gasteiger charge is 2.09. The van der Waals surface area contributed by atoms with E-state index < -0.39 is 0 Å². The number of amides is 1. The lowest BCUT2D eigenvalue weighted by atomic mass is 10.2. The third-order valence-corrected chi connectivity index (χ3v) is 3.32. The number of benzene rings is 1. The van der Waals surface area contributed by atoms with Crippen molar-refractivity contribution in [3.8, 4) is 0 Å². The molecule has 0 unspecified atom stereocenters. The van der Waals surface area contributed by atoms with Gasteiger partial charge in [-0.2, -0.15) is 0 Å². The molecule has 2 rings (SSSR count). The summed E-state index contributed by atoms with van der Waals surface area (Å²) in [6.07, 6.45) is 2.35. The molecule has 0 radical (unpaired) electrons. The maximum atomic E-state index is 11.6. The van der Waals surface area contributed by atoms with Crippen LogP contribution in [0.3, 0.4) is 0 Å². The second kappa shape index (κ2) is 5.87. The molecular weight excluding hydrogens is 238 g/mol. The summed E-state index contributed by atoms with van der Waals surface area (Å²) in [6, 6.07) is 8.17. The molecule has 4 nitrogen and oxygen atoms in total. The van der Waals surface area contributed by atoms with Crippen LogP contribution in [0, 0.1) is 0 Å². The molecule has 0 bridgehead atoms. The number of fused-ring (bicyclic) bond motifs is 1. The maximum Gasteiger partial charge on any atom is 0.222 e. The van der Waals surface area contributed by atoms with Gasteiger partial charge in [-0.1, -0.05) is 19.1 Å². The van der Waals surface area contributed by atoms with Gasteiger partial charge in [-0.25, -0.2) is 4.98 Å². The van der Waals surface area contributed by atoms with Crippen LogP contribution < -0.4 is 0 Å². The Hall–Kier alpha value is -1.84. The van der Waals surface area contributed by atoms with E-state index in [9.17, 15) is 4.79 Å². The maximum absolute atomic E-state index is 11.6. The molecule has 0 spiro atoms. The van der Waals surface area contributed by atoms with Gasteiger partial charge in [0.05, 0.1) is 11.0 Å². The van der Waals surface area contributed by atoms with Crippen LogP contribution in [-0.2, 0) is 17.8 Å². The zero-order chi connectivity index (χ0) is 13.8. The Morgan fingerprint density at radius 3 is 2.74 bits per heavy atom. The van der Waals surface area contributed by atoms with Gasteiger partial charge in [0.15, 0.2) is 0 Å².